The van der Waals surface area contributed by atoms with Crippen LogP contribution in [0.15, 0.2) is 65.2 Å². The maximum atomic E-state index is 12.9. The summed E-state index contributed by atoms with van der Waals surface area (Å²) in [6, 6.07) is 18.4. The van der Waals surface area contributed by atoms with E-state index in [1.165, 1.54) is 0 Å². The number of benzene rings is 2. The molecule has 3 atom stereocenters. The van der Waals surface area contributed by atoms with Crippen LogP contribution in [-0.4, -0.2) is 5.97 Å². The second-order valence-corrected chi connectivity index (χ2v) is 8.96. The number of halogens is 2. The summed E-state index contributed by atoms with van der Waals surface area (Å²) in [5.74, 6) is 0.597. The van der Waals surface area contributed by atoms with Crippen molar-refractivity contribution < 1.29 is 14.3 Å². The Morgan fingerprint density at radius 3 is 2.50 bits per heavy atom. The average molecular weight is 444 g/mol. The molecule has 0 radical (unpaired) electrons. The van der Waals surface area contributed by atoms with Crippen LogP contribution in [0.25, 0.3) is 0 Å². The molecule has 1 unspecified atom stereocenters. The van der Waals surface area contributed by atoms with E-state index in [0.717, 1.165) is 6.42 Å². The molecule has 1 aliphatic carbocycles. The lowest BCUT2D eigenvalue weighted by Gasteiger charge is -2.30. The van der Waals surface area contributed by atoms with Gasteiger partial charge in [0.25, 0.3) is 0 Å². The zero-order chi connectivity index (χ0) is 21.7. The van der Waals surface area contributed by atoms with Crippen molar-refractivity contribution in [3.05, 3.63) is 70.7 Å². The highest BCUT2D eigenvalue weighted by Crippen LogP contribution is 2.49. The molecule has 0 saturated heterocycles. The minimum atomic E-state index is -1.01. The molecule has 0 N–H and O–H groups in total. The van der Waals surface area contributed by atoms with Gasteiger partial charge in [0.2, 0.25) is 6.10 Å². The van der Waals surface area contributed by atoms with E-state index in [9.17, 15) is 10.1 Å². The molecule has 6 heteroatoms. The van der Waals surface area contributed by atoms with Gasteiger partial charge < -0.3 is 9.47 Å². The Bertz CT molecular complexity index is 962. The summed E-state index contributed by atoms with van der Waals surface area (Å²) < 4.78 is 11.6. The fourth-order valence-electron chi connectivity index (χ4n) is 3.95. The van der Waals surface area contributed by atoms with Crippen LogP contribution >= 0.6 is 23.2 Å². The largest absolute Gasteiger partial charge is 0.457 e. The summed E-state index contributed by atoms with van der Waals surface area (Å²) in [6.45, 7) is 4.00. The minimum absolute atomic E-state index is 0.0724. The van der Waals surface area contributed by atoms with Gasteiger partial charge in [-0.3, -0.25) is 4.79 Å². The van der Waals surface area contributed by atoms with Gasteiger partial charge in [-0.25, -0.2) is 0 Å². The highest BCUT2D eigenvalue weighted by Gasteiger charge is 2.47. The van der Waals surface area contributed by atoms with Crippen molar-refractivity contribution in [1.82, 2.24) is 0 Å². The van der Waals surface area contributed by atoms with Crippen LogP contribution in [0.3, 0.4) is 0 Å². The first-order chi connectivity index (χ1) is 14.3. The Kier molecular flexibility index (Phi) is 7.07. The second-order valence-electron chi connectivity index (χ2n) is 7.95. The van der Waals surface area contributed by atoms with E-state index in [2.05, 4.69) is 6.07 Å². The van der Waals surface area contributed by atoms with Gasteiger partial charge in [0.05, 0.1) is 5.92 Å². The number of nitrogens with zero attached hydrogens (tertiary/aromatic N) is 1. The second kappa shape index (κ2) is 9.55. The third-order valence-corrected chi connectivity index (χ3v) is 5.97. The van der Waals surface area contributed by atoms with Gasteiger partial charge >= 0.3 is 5.97 Å². The molecule has 0 bridgehead atoms. The summed E-state index contributed by atoms with van der Waals surface area (Å²) >= 11 is 11.7. The third kappa shape index (κ3) is 5.16. The average Bonchev–Trinajstić information content (AvgIpc) is 3.00. The smallest absolute Gasteiger partial charge is 0.311 e. The Morgan fingerprint density at radius 2 is 1.83 bits per heavy atom. The number of esters is 1. The van der Waals surface area contributed by atoms with Gasteiger partial charge in [-0.15, -0.1) is 0 Å². The molecule has 0 heterocycles. The summed E-state index contributed by atoms with van der Waals surface area (Å²) in [6.07, 6.45) is 2.21. The zero-order valence-electron chi connectivity index (χ0n) is 16.8. The van der Waals surface area contributed by atoms with Crippen LogP contribution in [0, 0.1) is 28.6 Å². The first-order valence-electron chi connectivity index (χ1n) is 9.77. The van der Waals surface area contributed by atoms with Crippen molar-refractivity contribution in [2.75, 3.05) is 0 Å². The molecule has 2 aromatic rings. The van der Waals surface area contributed by atoms with E-state index in [4.69, 9.17) is 32.7 Å². The number of carbonyl (C=O) groups excluding carboxylic acids is 1. The van der Waals surface area contributed by atoms with Crippen molar-refractivity contribution in [3.63, 3.8) is 0 Å². The Balaban J connectivity index is 1.73. The first-order valence-corrected chi connectivity index (χ1v) is 10.5. The maximum absolute atomic E-state index is 12.9. The number of allylic oxidation sites excluding steroid dienone is 1. The number of ether oxygens (including phenoxy) is 2. The molecule has 156 valence electrons. The van der Waals surface area contributed by atoms with Crippen LogP contribution in [0.2, 0.25) is 0 Å². The van der Waals surface area contributed by atoms with Crippen molar-refractivity contribution in [3.8, 4) is 17.6 Å². The number of para-hydroxylation sites is 1. The predicted octanol–water partition coefficient (Wildman–Crippen LogP) is 6.96. The Labute approximate surface area is 187 Å². The van der Waals surface area contributed by atoms with Crippen LogP contribution in [0.4, 0.5) is 0 Å². The van der Waals surface area contributed by atoms with Gasteiger partial charge in [-0.05, 0) is 48.4 Å². The lowest BCUT2D eigenvalue weighted by Crippen LogP contribution is -2.32. The summed E-state index contributed by atoms with van der Waals surface area (Å²) in [7, 11) is 0. The lowest BCUT2D eigenvalue weighted by atomic mass is 9.75. The summed E-state index contributed by atoms with van der Waals surface area (Å²) in [5, 5.41) is 9.64. The molecular formula is C24H23Cl2NO3. The van der Waals surface area contributed by atoms with E-state index in [1.807, 2.05) is 44.2 Å². The topological polar surface area (TPSA) is 59.3 Å². The van der Waals surface area contributed by atoms with Crippen molar-refractivity contribution in [2.45, 2.75) is 32.8 Å². The molecule has 0 amide bonds. The third-order valence-electron chi connectivity index (χ3n) is 5.72. The molecule has 0 spiro atoms. The van der Waals surface area contributed by atoms with Gasteiger partial charge in [0, 0.05) is 5.56 Å². The molecule has 3 rings (SSSR count). The summed E-state index contributed by atoms with van der Waals surface area (Å²) in [4.78, 5) is 12.9. The number of nitriles is 1. The van der Waals surface area contributed by atoms with Gasteiger partial charge in [-0.1, -0.05) is 73.5 Å². The lowest BCUT2D eigenvalue weighted by molar-refractivity contribution is -0.155. The molecule has 1 aliphatic rings. The highest BCUT2D eigenvalue weighted by atomic mass is 35.5. The molecule has 2 aromatic carbocycles. The van der Waals surface area contributed by atoms with Crippen molar-refractivity contribution in [2.24, 2.45) is 17.3 Å². The van der Waals surface area contributed by atoms with Gasteiger partial charge in [0.1, 0.15) is 22.1 Å². The Morgan fingerprint density at radius 1 is 1.13 bits per heavy atom. The molecule has 4 nitrogen and oxygen atoms in total. The number of rotatable bonds is 6. The van der Waals surface area contributed by atoms with Crippen LogP contribution < -0.4 is 4.74 Å². The van der Waals surface area contributed by atoms with Crippen LogP contribution in [0.5, 0.6) is 11.5 Å². The number of hydrogen-bond donors (Lipinski definition) is 0. The molecule has 1 fully saturated rings. The number of hydrogen-bond acceptors (Lipinski definition) is 4. The molecule has 30 heavy (non-hydrogen) atoms. The molecule has 1 saturated carbocycles. The fourth-order valence-corrected chi connectivity index (χ4v) is 4.26. The normalized spacial score (nSPS) is 20.6. The maximum Gasteiger partial charge on any atom is 0.311 e. The predicted molar refractivity (Wildman–Crippen MR) is 117 cm³/mol. The molecule has 0 aliphatic heterocycles. The first kappa shape index (κ1) is 22.2. The van der Waals surface area contributed by atoms with Crippen molar-refractivity contribution >= 4 is 29.2 Å². The quantitative estimate of drug-likeness (QED) is 0.452. The standard InChI is InChI=1S/C24H23Cl2NO3/c1-24(2)17(14-22(25)26)11-12-20(24)23(28)30-21(15-27)16-7-6-10-19(13-16)29-18-8-4-3-5-9-18/h3-10,13-14,17,20-21H,11-12H2,1-2H3/t17-,20+,21?/m1/s1. The molecule has 0 aromatic heterocycles. The molecular weight excluding hydrogens is 421 g/mol. The fraction of sp³-hybridized carbons (Fsp3) is 0.333. The summed E-state index contributed by atoms with van der Waals surface area (Å²) in [5.41, 5.74) is 0.194. The van der Waals surface area contributed by atoms with Gasteiger partial charge in [0.15, 0.2) is 0 Å². The van der Waals surface area contributed by atoms with E-state index in [1.54, 1.807) is 30.3 Å². The van der Waals surface area contributed by atoms with E-state index in [0.29, 0.717) is 23.5 Å². The van der Waals surface area contributed by atoms with Gasteiger partial charge in [-0.2, -0.15) is 5.26 Å². The number of carbonyl (C=O) groups is 1. The van der Waals surface area contributed by atoms with E-state index >= 15 is 0 Å². The zero-order valence-corrected chi connectivity index (χ0v) is 18.4. The highest BCUT2D eigenvalue weighted by molar-refractivity contribution is 6.55. The monoisotopic (exact) mass is 443 g/mol. The minimum Gasteiger partial charge on any atom is -0.457 e. The van der Waals surface area contributed by atoms with Crippen LogP contribution in [-0.2, 0) is 9.53 Å². The van der Waals surface area contributed by atoms with Crippen molar-refractivity contribution in [1.29, 1.82) is 5.26 Å². The van der Waals surface area contributed by atoms with Crippen LogP contribution in [0.1, 0.15) is 38.4 Å². The van der Waals surface area contributed by atoms with E-state index < -0.39 is 6.10 Å². The van der Waals surface area contributed by atoms with E-state index in [-0.39, 0.29) is 27.7 Å². The SMILES string of the molecule is CC1(C)[C@@H](C=C(Cl)Cl)CC[C@H]1C(=O)OC(C#N)c1cccc(Oc2ccccc2)c1. The Hall–Kier alpha value is -2.48.